The van der Waals surface area contributed by atoms with Crippen LogP contribution in [0.25, 0.3) is 0 Å². The molecule has 0 aromatic carbocycles. The average Bonchev–Trinajstić information content (AvgIpc) is 2.92. The maximum atomic E-state index is 5.94. The topological polar surface area (TPSA) is 26.2 Å². The third-order valence-corrected chi connectivity index (χ3v) is 4.10. The predicted molar refractivity (Wildman–Crippen MR) is 83.9 cm³/mol. The summed E-state index contributed by atoms with van der Waals surface area (Å²) in [5.41, 5.74) is 1.39. The van der Waals surface area contributed by atoms with Gasteiger partial charge in [-0.2, -0.15) is 0 Å². The summed E-state index contributed by atoms with van der Waals surface area (Å²) in [4.78, 5) is 0. The quantitative estimate of drug-likeness (QED) is 0.697. The van der Waals surface area contributed by atoms with E-state index in [2.05, 4.69) is 35.1 Å². The molecule has 1 aliphatic carbocycles. The van der Waals surface area contributed by atoms with E-state index in [9.17, 15) is 0 Å². The summed E-state index contributed by atoms with van der Waals surface area (Å²) in [5, 5.41) is 3.52. The summed E-state index contributed by atoms with van der Waals surface area (Å²) in [6.45, 7) is 6.27. The Morgan fingerprint density at radius 1 is 1.30 bits per heavy atom. The smallest absolute Gasteiger partial charge is 0.0575 e. The maximum Gasteiger partial charge on any atom is 0.0575 e. The number of rotatable bonds is 9. The van der Waals surface area contributed by atoms with Gasteiger partial charge in [-0.15, -0.1) is 0 Å². The highest BCUT2D eigenvalue weighted by Crippen LogP contribution is 2.20. The molecule has 3 heteroatoms. The third-order valence-electron chi connectivity index (χ3n) is 4.10. The highest BCUT2D eigenvalue weighted by molar-refractivity contribution is 5.06. The molecular formula is C17H30N2O. The Hall–Kier alpha value is -0.800. The lowest BCUT2D eigenvalue weighted by Crippen LogP contribution is -2.21. The van der Waals surface area contributed by atoms with Crippen LogP contribution >= 0.6 is 0 Å². The van der Waals surface area contributed by atoms with Gasteiger partial charge in [0.1, 0.15) is 0 Å². The van der Waals surface area contributed by atoms with Crippen LogP contribution in [0.2, 0.25) is 0 Å². The van der Waals surface area contributed by atoms with Gasteiger partial charge in [-0.25, -0.2) is 0 Å². The molecule has 0 atom stereocenters. The summed E-state index contributed by atoms with van der Waals surface area (Å²) in [6, 6.07) is 4.35. The molecule has 3 nitrogen and oxygen atoms in total. The first-order valence-electron chi connectivity index (χ1n) is 8.36. The molecule has 1 saturated carbocycles. The van der Waals surface area contributed by atoms with Crippen LogP contribution in [0.15, 0.2) is 18.3 Å². The molecular weight excluding hydrogens is 248 g/mol. The first-order valence-corrected chi connectivity index (χ1v) is 8.36. The molecule has 1 aromatic heterocycles. The average molecular weight is 278 g/mol. The second-order valence-corrected chi connectivity index (χ2v) is 5.85. The van der Waals surface area contributed by atoms with E-state index in [1.807, 2.05) is 0 Å². The summed E-state index contributed by atoms with van der Waals surface area (Å²) < 4.78 is 8.28. The summed E-state index contributed by atoms with van der Waals surface area (Å²) >= 11 is 0. The van der Waals surface area contributed by atoms with E-state index in [0.717, 1.165) is 32.7 Å². The fourth-order valence-electron chi connectivity index (χ4n) is 2.96. The van der Waals surface area contributed by atoms with E-state index >= 15 is 0 Å². The maximum absolute atomic E-state index is 5.94. The molecule has 1 aromatic rings. The van der Waals surface area contributed by atoms with Gasteiger partial charge in [-0.3, -0.25) is 0 Å². The molecule has 1 N–H and O–H groups in total. The predicted octanol–water partition coefficient (Wildman–Crippen LogP) is 3.73. The molecule has 0 bridgehead atoms. The van der Waals surface area contributed by atoms with Gasteiger partial charge < -0.3 is 14.6 Å². The number of aromatic nitrogens is 1. The van der Waals surface area contributed by atoms with Gasteiger partial charge in [0.25, 0.3) is 0 Å². The first kappa shape index (κ1) is 15.6. The number of ether oxygens (including phenoxy) is 1. The Morgan fingerprint density at radius 3 is 2.95 bits per heavy atom. The number of hydrogen-bond acceptors (Lipinski definition) is 2. The Bertz CT molecular complexity index is 356. The monoisotopic (exact) mass is 278 g/mol. The minimum absolute atomic E-state index is 0.547. The standard InChI is InChI=1S/C17H30N2O/c1-2-12-19-13-6-8-16(19)15-18-11-7-14-20-17-9-4-3-5-10-17/h6,8,13,17-18H,2-5,7,9-12,14-15H2,1H3. The van der Waals surface area contributed by atoms with Gasteiger partial charge in [0, 0.05) is 31.6 Å². The Labute approximate surface area is 123 Å². The van der Waals surface area contributed by atoms with E-state index in [1.165, 1.54) is 44.2 Å². The van der Waals surface area contributed by atoms with Crippen LogP contribution in [0.1, 0.15) is 57.6 Å². The van der Waals surface area contributed by atoms with Crippen molar-refractivity contribution >= 4 is 0 Å². The van der Waals surface area contributed by atoms with Crippen LogP contribution in [0.5, 0.6) is 0 Å². The molecule has 0 amide bonds. The highest BCUT2D eigenvalue weighted by atomic mass is 16.5. The number of hydrogen-bond donors (Lipinski definition) is 1. The van der Waals surface area contributed by atoms with E-state index in [-0.39, 0.29) is 0 Å². The minimum atomic E-state index is 0.547. The van der Waals surface area contributed by atoms with Crippen molar-refractivity contribution in [2.45, 2.75) is 71.1 Å². The number of nitrogens with zero attached hydrogens (tertiary/aromatic N) is 1. The molecule has 0 unspecified atom stereocenters. The van der Waals surface area contributed by atoms with Crippen molar-refractivity contribution in [1.82, 2.24) is 9.88 Å². The normalized spacial score (nSPS) is 16.6. The van der Waals surface area contributed by atoms with Gasteiger partial charge in [0.15, 0.2) is 0 Å². The minimum Gasteiger partial charge on any atom is -0.378 e. The van der Waals surface area contributed by atoms with Crippen molar-refractivity contribution in [2.24, 2.45) is 0 Å². The Morgan fingerprint density at radius 2 is 2.15 bits per heavy atom. The molecule has 1 aliphatic rings. The Balaban J connectivity index is 1.51. The van der Waals surface area contributed by atoms with E-state index in [4.69, 9.17) is 4.74 Å². The van der Waals surface area contributed by atoms with Gasteiger partial charge in [-0.05, 0) is 44.4 Å². The molecule has 0 radical (unpaired) electrons. The molecule has 114 valence electrons. The van der Waals surface area contributed by atoms with Crippen molar-refractivity contribution in [1.29, 1.82) is 0 Å². The van der Waals surface area contributed by atoms with Crippen LogP contribution < -0.4 is 5.32 Å². The van der Waals surface area contributed by atoms with Crippen LogP contribution in [0.4, 0.5) is 0 Å². The lowest BCUT2D eigenvalue weighted by atomic mass is 9.98. The third kappa shape index (κ3) is 5.29. The van der Waals surface area contributed by atoms with Crippen LogP contribution in [-0.4, -0.2) is 23.8 Å². The fraction of sp³-hybridized carbons (Fsp3) is 0.765. The second kappa shape index (κ2) is 9.19. The summed E-state index contributed by atoms with van der Waals surface area (Å²) in [5.74, 6) is 0. The molecule has 0 saturated heterocycles. The summed E-state index contributed by atoms with van der Waals surface area (Å²) in [7, 11) is 0. The van der Waals surface area contributed by atoms with Gasteiger partial charge >= 0.3 is 0 Å². The van der Waals surface area contributed by atoms with Crippen molar-refractivity contribution in [2.75, 3.05) is 13.2 Å². The van der Waals surface area contributed by atoms with Gasteiger partial charge in [-0.1, -0.05) is 26.2 Å². The van der Waals surface area contributed by atoms with Crippen LogP contribution in [-0.2, 0) is 17.8 Å². The molecule has 20 heavy (non-hydrogen) atoms. The zero-order valence-corrected chi connectivity index (χ0v) is 12.9. The van der Waals surface area contributed by atoms with E-state index in [1.54, 1.807) is 0 Å². The number of nitrogens with one attached hydrogen (secondary N) is 1. The van der Waals surface area contributed by atoms with Crippen molar-refractivity contribution in [3.05, 3.63) is 24.0 Å². The zero-order valence-electron chi connectivity index (χ0n) is 12.9. The lowest BCUT2D eigenvalue weighted by molar-refractivity contribution is 0.0273. The van der Waals surface area contributed by atoms with E-state index < -0.39 is 0 Å². The van der Waals surface area contributed by atoms with Crippen molar-refractivity contribution in [3.8, 4) is 0 Å². The van der Waals surface area contributed by atoms with Crippen LogP contribution in [0.3, 0.4) is 0 Å². The number of aryl methyl sites for hydroxylation is 1. The van der Waals surface area contributed by atoms with Gasteiger partial charge in [0.2, 0.25) is 0 Å². The lowest BCUT2D eigenvalue weighted by Gasteiger charge is -2.21. The fourth-order valence-corrected chi connectivity index (χ4v) is 2.96. The zero-order chi connectivity index (χ0) is 14.0. The van der Waals surface area contributed by atoms with Crippen molar-refractivity contribution in [3.63, 3.8) is 0 Å². The van der Waals surface area contributed by atoms with Crippen LogP contribution in [0, 0.1) is 0 Å². The molecule has 1 fully saturated rings. The molecule has 0 aliphatic heterocycles. The SMILES string of the molecule is CCCn1cccc1CNCCCOC1CCCCC1. The van der Waals surface area contributed by atoms with E-state index in [0.29, 0.717) is 6.10 Å². The largest absolute Gasteiger partial charge is 0.378 e. The molecule has 2 rings (SSSR count). The summed E-state index contributed by atoms with van der Waals surface area (Å²) in [6.07, 6.45) is 11.7. The van der Waals surface area contributed by atoms with Crippen molar-refractivity contribution < 1.29 is 4.74 Å². The second-order valence-electron chi connectivity index (χ2n) is 5.85. The molecule has 0 spiro atoms. The molecule has 1 heterocycles. The Kier molecular flexibility index (Phi) is 7.16. The first-order chi connectivity index (χ1) is 9.90. The highest BCUT2D eigenvalue weighted by Gasteiger charge is 2.12. The van der Waals surface area contributed by atoms with Gasteiger partial charge in [0.05, 0.1) is 6.10 Å².